The summed E-state index contributed by atoms with van der Waals surface area (Å²) in [5.74, 6) is 0.0495. The standard InChI is InChI=1S/C11H17NO3S/c1-11(2,3)16(14,15)12(4)9-6-5-7-10(13)8-9/h5-8,13H,1-4H3. The van der Waals surface area contributed by atoms with Crippen LogP contribution in [0.1, 0.15) is 20.8 Å². The molecule has 0 amide bonds. The van der Waals surface area contributed by atoms with Gasteiger partial charge in [-0.25, -0.2) is 8.42 Å². The maximum absolute atomic E-state index is 12.1. The zero-order chi connectivity index (χ0) is 12.6. The van der Waals surface area contributed by atoms with Gasteiger partial charge in [-0.15, -0.1) is 0 Å². The van der Waals surface area contributed by atoms with Crippen LogP contribution in [-0.4, -0.2) is 25.3 Å². The summed E-state index contributed by atoms with van der Waals surface area (Å²) in [5.41, 5.74) is 0.454. The Bertz CT molecular complexity index is 474. The highest BCUT2D eigenvalue weighted by Gasteiger charge is 2.33. The van der Waals surface area contributed by atoms with E-state index in [0.29, 0.717) is 5.69 Å². The van der Waals surface area contributed by atoms with Crippen LogP contribution in [0.25, 0.3) is 0 Å². The Hall–Kier alpha value is -1.23. The molecule has 0 atom stereocenters. The van der Waals surface area contributed by atoms with E-state index in [1.54, 1.807) is 32.9 Å². The van der Waals surface area contributed by atoms with E-state index in [1.165, 1.54) is 23.5 Å². The predicted molar refractivity (Wildman–Crippen MR) is 65.2 cm³/mol. The van der Waals surface area contributed by atoms with Gasteiger partial charge in [0.15, 0.2) is 0 Å². The van der Waals surface area contributed by atoms with Crippen LogP contribution >= 0.6 is 0 Å². The summed E-state index contributed by atoms with van der Waals surface area (Å²) in [6.07, 6.45) is 0. The molecule has 0 saturated heterocycles. The molecule has 1 aromatic rings. The van der Waals surface area contributed by atoms with Crippen molar-refractivity contribution >= 4 is 15.7 Å². The normalized spacial score (nSPS) is 12.5. The molecule has 0 aromatic heterocycles. The molecule has 0 spiro atoms. The van der Waals surface area contributed by atoms with E-state index >= 15 is 0 Å². The van der Waals surface area contributed by atoms with Gasteiger partial charge in [-0.2, -0.15) is 0 Å². The van der Waals surface area contributed by atoms with Crippen molar-refractivity contribution in [2.45, 2.75) is 25.5 Å². The lowest BCUT2D eigenvalue weighted by molar-refractivity contribution is 0.475. The largest absolute Gasteiger partial charge is 0.508 e. The second-order valence-corrected chi connectivity index (χ2v) is 7.33. The topological polar surface area (TPSA) is 57.6 Å². The lowest BCUT2D eigenvalue weighted by atomic mass is 10.3. The minimum atomic E-state index is -3.42. The molecule has 0 unspecified atom stereocenters. The van der Waals surface area contributed by atoms with Crippen molar-refractivity contribution in [2.75, 3.05) is 11.4 Å². The van der Waals surface area contributed by atoms with Gasteiger partial charge >= 0.3 is 0 Å². The minimum absolute atomic E-state index is 0.0495. The smallest absolute Gasteiger partial charge is 0.239 e. The van der Waals surface area contributed by atoms with E-state index in [4.69, 9.17) is 0 Å². The Labute approximate surface area is 96.6 Å². The van der Waals surface area contributed by atoms with E-state index in [1.807, 2.05) is 0 Å². The number of hydrogen-bond acceptors (Lipinski definition) is 3. The highest BCUT2D eigenvalue weighted by molar-refractivity contribution is 7.94. The lowest BCUT2D eigenvalue weighted by Crippen LogP contribution is -2.40. The van der Waals surface area contributed by atoms with Crippen molar-refractivity contribution in [1.82, 2.24) is 0 Å². The van der Waals surface area contributed by atoms with Gasteiger partial charge in [-0.1, -0.05) is 6.07 Å². The molecule has 1 N–H and O–H groups in total. The van der Waals surface area contributed by atoms with Crippen molar-refractivity contribution in [3.63, 3.8) is 0 Å². The van der Waals surface area contributed by atoms with Gasteiger partial charge in [0.2, 0.25) is 10.0 Å². The average molecular weight is 243 g/mol. The molecule has 90 valence electrons. The minimum Gasteiger partial charge on any atom is -0.508 e. The van der Waals surface area contributed by atoms with Crippen molar-refractivity contribution in [3.05, 3.63) is 24.3 Å². The van der Waals surface area contributed by atoms with Gasteiger partial charge in [0.1, 0.15) is 5.75 Å². The summed E-state index contributed by atoms with van der Waals surface area (Å²) in [5, 5.41) is 9.31. The first-order chi connectivity index (χ1) is 7.16. The summed E-state index contributed by atoms with van der Waals surface area (Å²) in [4.78, 5) is 0. The first-order valence-corrected chi connectivity index (χ1v) is 6.38. The molecular formula is C11H17NO3S. The summed E-state index contributed by atoms with van der Waals surface area (Å²) in [7, 11) is -1.94. The SMILES string of the molecule is CN(c1cccc(O)c1)S(=O)(=O)C(C)(C)C. The average Bonchev–Trinajstić information content (AvgIpc) is 2.14. The molecule has 1 aromatic carbocycles. The summed E-state index contributed by atoms with van der Waals surface area (Å²) in [6, 6.07) is 6.17. The number of anilines is 1. The third-order valence-electron chi connectivity index (χ3n) is 2.33. The van der Waals surface area contributed by atoms with Gasteiger partial charge in [0, 0.05) is 13.1 Å². The molecule has 0 aliphatic rings. The third kappa shape index (κ3) is 2.29. The number of benzene rings is 1. The van der Waals surface area contributed by atoms with Crippen LogP contribution in [-0.2, 0) is 10.0 Å². The Morgan fingerprint density at radius 2 is 1.81 bits per heavy atom. The van der Waals surface area contributed by atoms with Gasteiger partial charge in [0.25, 0.3) is 0 Å². The lowest BCUT2D eigenvalue weighted by Gasteiger charge is -2.28. The first kappa shape index (κ1) is 12.8. The first-order valence-electron chi connectivity index (χ1n) is 4.94. The number of aromatic hydroxyl groups is 1. The summed E-state index contributed by atoms with van der Waals surface area (Å²) >= 11 is 0. The third-order valence-corrected chi connectivity index (χ3v) is 4.81. The maximum Gasteiger partial charge on any atom is 0.239 e. The highest BCUT2D eigenvalue weighted by atomic mass is 32.2. The van der Waals surface area contributed by atoms with Gasteiger partial charge in [0.05, 0.1) is 10.4 Å². The van der Waals surface area contributed by atoms with Crippen molar-refractivity contribution < 1.29 is 13.5 Å². The maximum atomic E-state index is 12.1. The van der Waals surface area contributed by atoms with Gasteiger partial charge in [-0.3, -0.25) is 4.31 Å². The predicted octanol–water partition coefficient (Wildman–Crippen LogP) is 1.96. The number of hydrogen-bond donors (Lipinski definition) is 1. The second kappa shape index (κ2) is 3.97. The molecule has 0 saturated carbocycles. The van der Waals surface area contributed by atoms with E-state index in [2.05, 4.69) is 0 Å². The van der Waals surface area contributed by atoms with Crippen LogP contribution in [0.15, 0.2) is 24.3 Å². The molecule has 0 heterocycles. The molecule has 5 heteroatoms. The van der Waals surface area contributed by atoms with E-state index in [0.717, 1.165) is 0 Å². The summed E-state index contributed by atoms with van der Waals surface area (Å²) in [6.45, 7) is 4.92. The molecular weight excluding hydrogens is 226 g/mol. The molecule has 1 rings (SSSR count). The van der Waals surface area contributed by atoms with Crippen LogP contribution in [0, 0.1) is 0 Å². The van der Waals surface area contributed by atoms with E-state index in [-0.39, 0.29) is 5.75 Å². The van der Waals surface area contributed by atoms with Crippen LogP contribution in [0.5, 0.6) is 5.75 Å². The molecule has 16 heavy (non-hydrogen) atoms. The van der Waals surface area contributed by atoms with Crippen molar-refractivity contribution in [3.8, 4) is 5.75 Å². The zero-order valence-electron chi connectivity index (χ0n) is 9.93. The van der Waals surface area contributed by atoms with Crippen LogP contribution in [0.3, 0.4) is 0 Å². The number of phenols is 1. The Morgan fingerprint density at radius 1 is 1.25 bits per heavy atom. The number of phenolic OH excluding ortho intramolecular Hbond substituents is 1. The molecule has 0 aliphatic heterocycles. The molecule has 0 fully saturated rings. The fraction of sp³-hybridized carbons (Fsp3) is 0.455. The second-order valence-electron chi connectivity index (χ2n) is 4.60. The van der Waals surface area contributed by atoms with Gasteiger partial charge in [-0.05, 0) is 32.9 Å². The Morgan fingerprint density at radius 3 is 2.25 bits per heavy atom. The van der Waals surface area contributed by atoms with Crippen molar-refractivity contribution in [1.29, 1.82) is 0 Å². The zero-order valence-corrected chi connectivity index (χ0v) is 10.7. The van der Waals surface area contributed by atoms with Gasteiger partial charge < -0.3 is 5.11 Å². The molecule has 0 bridgehead atoms. The van der Waals surface area contributed by atoms with Crippen molar-refractivity contribution in [2.24, 2.45) is 0 Å². The fourth-order valence-electron chi connectivity index (χ4n) is 1.24. The Kier molecular flexibility index (Phi) is 3.19. The number of rotatable bonds is 2. The highest BCUT2D eigenvalue weighted by Crippen LogP contribution is 2.26. The molecule has 4 nitrogen and oxygen atoms in total. The molecule has 0 radical (unpaired) electrons. The van der Waals surface area contributed by atoms with Crippen LogP contribution in [0.2, 0.25) is 0 Å². The molecule has 0 aliphatic carbocycles. The fourth-order valence-corrected chi connectivity index (χ4v) is 2.45. The quantitative estimate of drug-likeness (QED) is 0.863. The Balaban J connectivity index is 3.18. The van der Waals surface area contributed by atoms with Crippen LogP contribution < -0.4 is 4.31 Å². The number of sulfonamides is 1. The summed E-state index contributed by atoms with van der Waals surface area (Å²) < 4.78 is 24.5. The van der Waals surface area contributed by atoms with Crippen LogP contribution in [0.4, 0.5) is 5.69 Å². The number of nitrogens with zero attached hydrogens (tertiary/aromatic N) is 1. The van der Waals surface area contributed by atoms with E-state index in [9.17, 15) is 13.5 Å². The van der Waals surface area contributed by atoms with E-state index < -0.39 is 14.8 Å². The monoisotopic (exact) mass is 243 g/mol.